The van der Waals surface area contributed by atoms with E-state index in [9.17, 15) is 9.90 Å². The van der Waals surface area contributed by atoms with Gasteiger partial charge in [-0.2, -0.15) is 0 Å². The molecule has 1 saturated heterocycles. The first kappa shape index (κ1) is 16.0. The van der Waals surface area contributed by atoms with Crippen molar-refractivity contribution in [2.45, 2.75) is 50.8 Å². The minimum absolute atomic E-state index is 0.0519. The maximum Gasteiger partial charge on any atom is 0.225 e. The number of hydrogen-bond acceptors (Lipinski definition) is 3. The Morgan fingerprint density at radius 1 is 1.38 bits per heavy atom. The number of likely N-dealkylation sites (tertiary alicyclic amines) is 1. The van der Waals surface area contributed by atoms with Crippen LogP contribution in [0, 0.1) is 5.92 Å². The maximum absolute atomic E-state index is 12.0. The van der Waals surface area contributed by atoms with Crippen LogP contribution in [0.3, 0.4) is 0 Å². The van der Waals surface area contributed by atoms with E-state index in [-0.39, 0.29) is 23.9 Å². The Balaban J connectivity index is 1.79. The smallest absolute Gasteiger partial charge is 0.225 e. The molecule has 0 spiro atoms. The molecule has 0 bridgehead atoms. The highest BCUT2D eigenvalue weighted by atomic mass is 16.3. The molecule has 116 valence electrons. The van der Waals surface area contributed by atoms with Gasteiger partial charge in [0.25, 0.3) is 0 Å². The van der Waals surface area contributed by atoms with Crippen LogP contribution in [0.25, 0.3) is 0 Å². The molecule has 0 aliphatic carbocycles. The highest BCUT2D eigenvalue weighted by Crippen LogP contribution is 2.27. The zero-order valence-corrected chi connectivity index (χ0v) is 12.9. The molecule has 1 heterocycles. The lowest BCUT2D eigenvalue weighted by atomic mass is 9.93. The largest absolute Gasteiger partial charge is 0.393 e. The van der Waals surface area contributed by atoms with Crippen LogP contribution in [0.1, 0.15) is 31.7 Å². The Kier molecular flexibility index (Phi) is 5.37. The van der Waals surface area contributed by atoms with Gasteiger partial charge in [-0.25, -0.2) is 0 Å². The van der Waals surface area contributed by atoms with Gasteiger partial charge in [0.1, 0.15) is 0 Å². The number of nitrogens with zero attached hydrogens (tertiary/aromatic N) is 1. The van der Waals surface area contributed by atoms with Crippen LogP contribution in [0.4, 0.5) is 0 Å². The molecule has 1 fully saturated rings. The van der Waals surface area contributed by atoms with Gasteiger partial charge in [0.2, 0.25) is 5.91 Å². The van der Waals surface area contributed by atoms with Crippen molar-refractivity contribution in [3.05, 3.63) is 35.9 Å². The number of aliphatic hydroxyl groups excluding tert-OH is 1. The molecule has 1 aliphatic rings. The van der Waals surface area contributed by atoms with Gasteiger partial charge < -0.3 is 15.7 Å². The zero-order valence-electron chi connectivity index (χ0n) is 12.9. The van der Waals surface area contributed by atoms with Crippen molar-refractivity contribution in [2.75, 3.05) is 7.05 Å². The van der Waals surface area contributed by atoms with Gasteiger partial charge in [0, 0.05) is 25.0 Å². The number of benzene rings is 1. The van der Waals surface area contributed by atoms with Gasteiger partial charge in [-0.05, 0) is 38.2 Å². The molecule has 0 saturated carbocycles. The average Bonchev–Trinajstić information content (AvgIpc) is 2.67. The van der Waals surface area contributed by atoms with Gasteiger partial charge in [0.15, 0.2) is 0 Å². The Morgan fingerprint density at radius 3 is 2.62 bits per heavy atom. The predicted molar refractivity (Wildman–Crippen MR) is 83.7 cm³/mol. The molecular weight excluding hydrogens is 264 g/mol. The highest BCUT2D eigenvalue weighted by Gasteiger charge is 2.35. The third-order valence-electron chi connectivity index (χ3n) is 4.46. The van der Waals surface area contributed by atoms with Gasteiger partial charge >= 0.3 is 0 Å². The fraction of sp³-hybridized carbons (Fsp3) is 0.588. The number of nitrogens with two attached hydrogens (primary N) is 1. The second-order valence-corrected chi connectivity index (χ2v) is 6.31. The molecule has 4 nitrogen and oxygen atoms in total. The maximum atomic E-state index is 12.0. The molecule has 21 heavy (non-hydrogen) atoms. The molecule has 1 aromatic carbocycles. The molecular formula is C17H26N2O2. The van der Waals surface area contributed by atoms with Gasteiger partial charge in [-0.1, -0.05) is 30.3 Å². The first-order chi connectivity index (χ1) is 9.97. The molecule has 1 amide bonds. The topological polar surface area (TPSA) is 66.6 Å². The number of hydrogen-bond donors (Lipinski definition) is 2. The summed E-state index contributed by atoms with van der Waals surface area (Å²) >= 11 is 0. The monoisotopic (exact) mass is 290 g/mol. The van der Waals surface area contributed by atoms with Crippen LogP contribution in [-0.2, 0) is 11.2 Å². The summed E-state index contributed by atoms with van der Waals surface area (Å²) in [5, 5.41) is 10.2. The summed E-state index contributed by atoms with van der Waals surface area (Å²) in [7, 11) is 1.83. The van der Waals surface area contributed by atoms with E-state index in [1.165, 1.54) is 5.56 Å². The standard InChI is InChI=1S/C17H26N2O2/c1-12-8-14(17(21)19(12)2)10-16(20)11-15(18)9-13-6-4-3-5-7-13/h3-7,12,14-16,20H,8-11,18H2,1-2H3/t12?,14-,15-,16?/m1/s1. The van der Waals surface area contributed by atoms with Gasteiger partial charge in [0.05, 0.1) is 6.10 Å². The summed E-state index contributed by atoms with van der Waals surface area (Å²) in [6.07, 6.45) is 2.15. The van der Waals surface area contributed by atoms with E-state index in [0.717, 1.165) is 12.8 Å². The molecule has 2 rings (SSSR count). The lowest BCUT2D eigenvalue weighted by Crippen LogP contribution is -2.31. The zero-order chi connectivity index (χ0) is 15.4. The quantitative estimate of drug-likeness (QED) is 0.835. The second kappa shape index (κ2) is 7.05. The van der Waals surface area contributed by atoms with Gasteiger partial charge in [-0.3, -0.25) is 4.79 Å². The minimum atomic E-state index is -0.503. The molecule has 0 radical (unpaired) electrons. The Bertz CT molecular complexity index is 463. The SMILES string of the molecule is CC1C[C@H](CC(O)C[C@H](N)Cc2ccccc2)C(=O)N1C. The Labute approximate surface area is 126 Å². The fourth-order valence-corrected chi connectivity index (χ4v) is 3.15. The predicted octanol–water partition coefficient (Wildman–Crippen LogP) is 1.56. The number of rotatable bonds is 6. The van der Waals surface area contributed by atoms with Crippen molar-refractivity contribution in [3.63, 3.8) is 0 Å². The van der Waals surface area contributed by atoms with E-state index in [2.05, 4.69) is 0 Å². The Morgan fingerprint density at radius 2 is 2.05 bits per heavy atom. The van der Waals surface area contributed by atoms with Crippen molar-refractivity contribution in [1.29, 1.82) is 0 Å². The van der Waals surface area contributed by atoms with Gasteiger partial charge in [-0.15, -0.1) is 0 Å². The van der Waals surface area contributed by atoms with E-state index >= 15 is 0 Å². The van der Waals surface area contributed by atoms with Crippen molar-refractivity contribution in [2.24, 2.45) is 11.7 Å². The summed E-state index contributed by atoms with van der Waals surface area (Å²) in [6.45, 7) is 2.05. The van der Waals surface area contributed by atoms with Crippen LogP contribution in [0.15, 0.2) is 30.3 Å². The van der Waals surface area contributed by atoms with Crippen molar-refractivity contribution in [1.82, 2.24) is 4.90 Å². The average molecular weight is 290 g/mol. The lowest BCUT2D eigenvalue weighted by Gasteiger charge is -2.19. The van der Waals surface area contributed by atoms with Crippen LogP contribution in [-0.4, -0.2) is 41.1 Å². The molecule has 3 N–H and O–H groups in total. The van der Waals surface area contributed by atoms with Crippen molar-refractivity contribution >= 4 is 5.91 Å². The number of carbonyl (C=O) groups is 1. The summed E-state index contributed by atoms with van der Waals surface area (Å²) in [4.78, 5) is 13.8. The van der Waals surface area contributed by atoms with Crippen LogP contribution in [0.5, 0.6) is 0 Å². The molecule has 4 heteroatoms. The molecule has 1 aromatic rings. The summed E-state index contributed by atoms with van der Waals surface area (Å²) in [6, 6.07) is 10.3. The summed E-state index contributed by atoms with van der Waals surface area (Å²) in [5.41, 5.74) is 7.30. The fourth-order valence-electron chi connectivity index (χ4n) is 3.15. The third kappa shape index (κ3) is 4.29. The minimum Gasteiger partial charge on any atom is -0.393 e. The van der Waals surface area contributed by atoms with Crippen LogP contribution < -0.4 is 5.73 Å². The highest BCUT2D eigenvalue weighted by molar-refractivity contribution is 5.81. The first-order valence-corrected chi connectivity index (χ1v) is 7.71. The van der Waals surface area contributed by atoms with Crippen LogP contribution in [0.2, 0.25) is 0 Å². The first-order valence-electron chi connectivity index (χ1n) is 7.71. The van der Waals surface area contributed by atoms with E-state index < -0.39 is 6.10 Å². The van der Waals surface area contributed by atoms with E-state index in [4.69, 9.17) is 5.73 Å². The second-order valence-electron chi connectivity index (χ2n) is 6.31. The summed E-state index contributed by atoms with van der Waals surface area (Å²) < 4.78 is 0. The number of amides is 1. The third-order valence-corrected chi connectivity index (χ3v) is 4.46. The van der Waals surface area contributed by atoms with Crippen LogP contribution >= 0.6 is 0 Å². The lowest BCUT2D eigenvalue weighted by molar-refractivity contribution is -0.131. The normalized spacial score (nSPS) is 25.1. The molecule has 2 unspecified atom stereocenters. The van der Waals surface area contributed by atoms with E-state index in [0.29, 0.717) is 12.8 Å². The molecule has 4 atom stereocenters. The van der Waals surface area contributed by atoms with Crippen molar-refractivity contribution in [3.8, 4) is 0 Å². The number of aliphatic hydroxyl groups is 1. The molecule has 1 aliphatic heterocycles. The number of carbonyl (C=O) groups excluding carboxylic acids is 1. The summed E-state index contributed by atoms with van der Waals surface area (Å²) in [5.74, 6) is 0.0992. The Hall–Kier alpha value is -1.39. The van der Waals surface area contributed by atoms with E-state index in [1.807, 2.05) is 44.3 Å². The van der Waals surface area contributed by atoms with E-state index in [1.54, 1.807) is 4.90 Å². The molecule has 0 aromatic heterocycles. The van der Waals surface area contributed by atoms with Crippen molar-refractivity contribution < 1.29 is 9.90 Å².